The summed E-state index contributed by atoms with van der Waals surface area (Å²) < 4.78 is 6.41. The van der Waals surface area contributed by atoms with Crippen LogP contribution >= 0.6 is 0 Å². The van der Waals surface area contributed by atoms with Crippen LogP contribution in [0.4, 0.5) is 0 Å². The Kier molecular flexibility index (Phi) is 5.23. The van der Waals surface area contributed by atoms with Crippen molar-refractivity contribution in [1.82, 2.24) is 30.0 Å². The molecule has 0 aliphatic heterocycles. The van der Waals surface area contributed by atoms with Crippen LogP contribution in [0.1, 0.15) is 5.82 Å². The number of carbonyl (C=O) groups is 1. The monoisotopic (exact) mass is 308 g/mol. The van der Waals surface area contributed by atoms with Crippen molar-refractivity contribution in [1.29, 1.82) is 0 Å². The molecule has 0 bridgehead atoms. The lowest BCUT2D eigenvalue weighted by molar-refractivity contribution is -0.122. The summed E-state index contributed by atoms with van der Waals surface area (Å²) in [5.74, 6) is 0.386. The molecule has 2 N–H and O–H groups in total. The molecule has 2 heterocycles. The van der Waals surface area contributed by atoms with Crippen molar-refractivity contribution in [2.45, 2.75) is 6.54 Å². The van der Waals surface area contributed by atoms with E-state index < -0.39 is 0 Å². The number of H-pyrrole nitrogens is 1. The van der Waals surface area contributed by atoms with Crippen molar-refractivity contribution < 1.29 is 9.53 Å². The first-order valence-electron chi connectivity index (χ1n) is 6.86. The van der Waals surface area contributed by atoms with E-state index in [4.69, 9.17) is 4.74 Å². The zero-order valence-electron chi connectivity index (χ0n) is 12.9. The minimum Gasteiger partial charge on any atom is -0.383 e. The van der Waals surface area contributed by atoms with Crippen molar-refractivity contribution >= 4 is 16.9 Å². The Labute approximate surface area is 127 Å². The van der Waals surface area contributed by atoms with Gasteiger partial charge in [-0.05, 0) is 7.05 Å². The van der Waals surface area contributed by atoms with Crippen molar-refractivity contribution in [3.05, 3.63) is 22.4 Å². The van der Waals surface area contributed by atoms with E-state index in [0.29, 0.717) is 36.6 Å². The first-order valence-corrected chi connectivity index (χ1v) is 6.86. The molecule has 0 saturated heterocycles. The Balaban J connectivity index is 1.99. The highest BCUT2D eigenvalue weighted by Gasteiger charge is 2.11. The quantitative estimate of drug-likeness (QED) is 0.626. The Morgan fingerprint density at radius 2 is 2.32 bits per heavy atom. The number of hydrogen-bond acceptors (Lipinski definition) is 6. The first-order chi connectivity index (χ1) is 10.5. The zero-order chi connectivity index (χ0) is 16.1. The van der Waals surface area contributed by atoms with E-state index >= 15 is 0 Å². The van der Waals surface area contributed by atoms with E-state index in [2.05, 4.69) is 20.4 Å². The molecule has 0 atom stereocenters. The number of fused-ring (bicyclic) bond motifs is 1. The minimum atomic E-state index is -0.231. The fourth-order valence-electron chi connectivity index (χ4n) is 2.06. The predicted molar refractivity (Wildman–Crippen MR) is 80.3 cm³/mol. The van der Waals surface area contributed by atoms with Gasteiger partial charge in [0, 0.05) is 20.7 Å². The minimum absolute atomic E-state index is 0.108. The van der Waals surface area contributed by atoms with Crippen molar-refractivity contribution in [2.75, 3.05) is 33.9 Å². The Morgan fingerprint density at radius 1 is 1.55 bits per heavy atom. The lowest BCUT2D eigenvalue weighted by Gasteiger charge is -2.15. The van der Waals surface area contributed by atoms with Crippen LogP contribution in [0.5, 0.6) is 0 Å². The van der Waals surface area contributed by atoms with Gasteiger partial charge in [0.1, 0.15) is 11.2 Å². The summed E-state index contributed by atoms with van der Waals surface area (Å²) in [5.41, 5.74) is 0.294. The number of methoxy groups -OCH3 is 1. The van der Waals surface area contributed by atoms with E-state index in [1.54, 1.807) is 30.8 Å². The number of aryl methyl sites for hydroxylation is 1. The molecule has 0 spiro atoms. The maximum absolute atomic E-state index is 11.9. The molecular weight excluding hydrogens is 288 g/mol. The number of ether oxygens (including phenoxy) is 1. The number of aromatic amines is 1. The highest BCUT2D eigenvalue weighted by atomic mass is 16.5. The molecule has 9 nitrogen and oxygen atoms in total. The molecule has 2 aromatic rings. The summed E-state index contributed by atoms with van der Waals surface area (Å²) in [5, 5.41) is 7.20. The van der Waals surface area contributed by atoms with Gasteiger partial charge in [-0.15, -0.1) is 0 Å². The molecule has 0 fully saturated rings. The molecule has 1 amide bonds. The maximum Gasteiger partial charge on any atom is 0.262 e. The smallest absolute Gasteiger partial charge is 0.262 e. The number of aromatic nitrogens is 4. The van der Waals surface area contributed by atoms with E-state index in [9.17, 15) is 9.59 Å². The summed E-state index contributed by atoms with van der Waals surface area (Å²) in [7, 11) is 5.09. The number of likely N-dealkylation sites (N-methyl/N-ethyl adjacent to an activating group) is 1. The molecule has 22 heavy (non-hydrogen) atoms. The average Bonchev–Trinajstić information content (AvgIpc) is 2.81. The molecule has 2 aromatic heterocycles. The van der Waals surface area contributed by atoms with Crippen LogP contribution in [0.25, 0.3) is 11.0 Å². The summed E-state index contributed by atoms with van der Waals surface area (Å²) in [6.07, 6.45) is 1.48. The molecule has 9 heteroatoms. The van der Waals surface area contributed by atoms with E-state index in [0.717, 1.165) is 0 Å². The lowest BCUT2D eigenvalue weighted by Crippen LogP contribution is -2.36. The Bertz CT molecular complexity index is 707. The van der Waals surface area contributed by atoms with E-state index in [1.807, 2.05) is 0 Å². The van der Waals surface area contributed by atoms with Crippen molar-refractivity contribution in [2.24, 2.45) is 7.05 Å². The number of nitrogens with one attached hydrogen (secondary N) is 2. The number of hydrogen-bond donors (Lipinski definition) is 2. The van der Waals surface area contributed by atoms with Gasteiger partial charge in [0.15, 0.2) is 5.65 Å². The third-order valence-electron chi connectivity index (χ3n) is 3.11. The van der Waals surface area contributed by atoms with Gasteiger partial charge in [-0.3, -0.25) is 19.2 Å². The predicted octanol–water partition coefficient (Wildman–Crippen LogP) is -1.15. The second kappa shape index (κ2) is 7.14. The summed E-state index contributed by atoms with van der Waals surface area (Å²) >= 11 is 0. The zero-order valence-corrected chi connectivity index (χ0v) is 12.9. The molecule has 0 aromatic carbocycles. The molecule has 0 aliphatic carbocycles. The van der Waals surface area contributed by atoms with Crippen molar-refractivity contribution in [3.63, 3.8) is 0 Å². The van der Waals surface area contributed by atoms with Crippen LogP contribution in [0.15, 0.2) is 11.0 Å². The number of nitrogens with zero attached hydrogens (tertiary/aromatic N) is 4. The number of rotatable bonds is 7. The maximum atomic E-state index is 11.9. The first kappa shape index (κ1) is 16.1. The standard InChI is InChI=1S/C13H20N6O3/c1-18(8-11(20)14-4-5-22-3)7-10-16-12-9(13(21)17-10)6-15-19(12)2/h6H,4-5,7-8H2,1-3H3,(H,14,20)(H,16,17,21). The van der Waals surface area contributed by atoms with Gasteiger partial charge < -0.3 is 15.0 Å². The number of carbonyl (C=O) groups excluding carboxylic acids is 1. The van der Waals surface area contributed by atoms with Crippen LogP contribution in [0, 0.1) is 0 Å². The summed E-state index contributed by atoms with van der Waals surface area (Å²) in [6.45, 7) is 1.51. The third kappa shape index (κ3) is 3.89. The SMILES string of the molecule is COCCNC(=O)CN(C)Cc1nc2c(cnn2C)c(=O)[nH]1. The van der Waals surface area contributed by atoms with Crippen LogP contribution in [0.2, 0.25) is 0 Å². The fraction of sp³-hybridized carbons (Fsp3) is 0.538. The summed E-state index contributed by atoms with van der Waals surface area (Å²) in [6, 6.07) is 0. The van der Waals surface area contributed by atoms with Crippen LogP contribution in [-0.2, 0) is 23.1 Å². The average molecular weight is 308 g/mol. The normalized spacial score (nSPS) is 11.3. The van der Waals surface area contributed by atoms with Gasteiger partial charge in [0.05, 0.1) is 25.9 Å². The third-order valence-corrected chi connectivity index (χ3v) is 3.11. The molecule has 0 radical (unpaired) electrons. The lowest BCUT2D eigenvalue weighted by atomic mass is 10.4. The van der Waals surface area contributed by atoms with Crippen LogP contribution in [-0.4, -0.2) is 64.4 Å². The van der Waals surface area contributed by atoms with Crippen LogP contribution < -0.4 is 10.9 Å². The van der Waals surface area contributed by atoms with E-state index in [-0.39, 0.29) is 18.0 Å². The van der Waals surface area contributed by atoms with Crippen LogP contribution in [0.3, 0.4) is 0 Å². The Hall–Kier alpha value is -2.26. The molecule has 0 saturated carbocycles. The van der Waals surface area contributed by atoms with Crippen molar-refractivity contribution in [3.8, 4) is 0 Å². The second-order valence-electron chi connectivity index (χ2n) is 5.03. The molecular formula is C13H20N6O3. The number of amides is 1. The molecule has 2 rings (SSSR count). The molecule has 0 aliphatic rings. The van der Waals surface area contributed by atoms with Gasteiger partial charge in [-0.1, -0.05) is 0 Å². The van der Waals surface area contributed by atoms with Gasteiger partial charge in [-0.2, -0.15) is 5.10 Å². The fourth-order valence-corrected chi connectivity index (χ4v) is 2.06. The summed E-state index contributed by atoms with van der Waals surface area (Å²) in [4.78, 5) is 32.5. The molecule has 0 unspecified atom stereocenters. The van der Waals surface area contributed by atoms with E-state index in [1.165, 1.54) is 6.20 Å². The molecule has 120 valence electrons. The van der Waals surface area contributed by atoms with Gasteiger partial charge in [0.25, 0.3) is 5.56 Å². The highest BCUT2D eigenvalue weighted by Crippen LogP contribution is 2.05. The Morgan fingerprint density at radius 3 is 3.05 bits per heavy atom. The highest BCUT2D eigenvalue weighted by molar-refractivity contribution is 5.78. The topological polar surface area (TPSA) is 105 Å². The van der Waals surface area contributed by atoms with Gasteiger partial charge in [-0.25, -0.2) is 4.98 Å². The second-order valence-corrected chi connectivity index (χ2v) is 5.03. The largest absolute Gasteiger partial charge is 0.383 e. The van der Waals surface area contributed by atoms with Gasteiger partial charge in [0.2, 0.25) is 5.91 Å². The van der Waals surface area contributed by atoms with Gasteiger partial charge >= 0.3 is 0 Å².